The van der Waals surface area contributed by atoms with Crippen molar-refractivity contribution in [1.29, 1.82) is 0 Å². The van der Waals surface area contributed by atoms with Crippen LogP contribution in [-0.2, 0) is 6.54 Å². The quantitative estimate of drug-likeness (QED) is 0.469. The fourth-order valence-electron chi connectivity index (χ4n) is 3.28. The number of benzene rings is 2. The number of H-pyrrole nitrogens is 1. The number of nitrogens with zero attached hydrogens (tertiary/aromatic N) is 6. The molecule has 0 radical (unpaired) electrons. The molecule has 0 unspecified atom stereocenters. The molecular weight excluding hydrogens is 405 g/mol. The van der Waals surface area contributed by atoms with Gasteiger partial charge in [0.25, 0.3) is 0 Å². The van der Waals surface area contributed by atoms with Gasteiger partial charge in [0.2, 0.25) is 5.95 Å². The molecule has 3 heterocycles. The van der Waals surface area contributed by atoms with E-state index in [9.17, 15) is 4.39 Å². The molecule has 3 aromatic heterocycles. The normalized spacial score (nSPS) is 10.9. The lowest BCUT2D eigenvalue weighted by Crippen LogP contribution is -2.19. The zero-order valence-electron chi connectivity index (χ0n) is 16.0. The molecule has 5 aromatic rings. The number of anilines is 1. The summed E-state index contributed by atoms with van der Waals surface area (Å²) in [5.41, 5.74) is 4.28. The first-order valence-corrected chi connectivity index (χ1v) is 9.04. The summed E-state index contributed by atoms with van der Waals surface area (Å²) in [4.78, 5) is 19.7. The first kappa shape index (κ1) is 19.7. The summed E-state index contributed by atoms with van der Waals surface area (Å²) in [6, 6.07) is 12.4. The highest BCUT2D eigenvalue weighted by molar-refractivity contribution is 5.93. The van der Waals surface area contributed by atoms with E-state index in [2.05, 4.69) is 30.1 Å². The second kappa shape index (κ2) is 8.00. The third-order valence-electron chi connectivity index (χ3n) is 4.76. The van der Waals surface area contributed by atoms with Gasteiger partial charge in [-0.1, -0.05) is 18.2 Å². The largest absolute Gasteiger partial charge is 0.340 e. The van der Waals surface area contributed by atoms with Crippen molar-refractivity contribution in [3.05, 3.63) is 72.6 Å². The Balaban J connectivity index is 0.00000218. The highest BCUT2D eigenvalue weighted by Crippen LogP contribution is 2.27. The number of halogens is 2. The molecule has 0 fully saturated rings. The molecule has 0 spiro atoms. The number of hydrogen-bond acceptors (Lipinski definition) is 6. The van der Waals surface area contributed by atoms with Gasteiger partial charge >= 0.3 is 0 Å². The van der Waals surface area contributed by atoms with Gasteiger partial charge < -0.3 is 4.90 Å². The predicted molar refractivity (Wildman–Crippen MR) is 116 cm³/mol. The van der Waals surface area contributed by atoms with Crippen LogP contribution in [0.25, 0.3) is 33.2 Å². The van der Waals surface area contributed by atoms with Crippen molar-refractivity contribution >= 4 is 40.3 Å². The van der Waals surface area contributed by atoms with E-state index in [0.29, 0.717) is 18.1 Å². The predicted octanol–water partition coefficient (Wildman–Crippen LogP) is 4.16. The number of rotatable bonds is 4. The molecule has 5 rings (SSSR count). The van der Waals surface area contributed by atoms with Crippen molar-refractivity contribution in [3.63, 3.8) is 0 Å². The molecule has 0 bridgehead atoms. The van der Waals surface area contributed by atoms with Crippen LogP contribution >= 0.6 is 12.4 Å². The van der Waals surface area contributed by atoms with Gasteiger partial charge in [-0.15, -0.1) is 12.4 Å². The molecule has 0 atom stereocenters. The van der Waals surface area contributed by atoms with Gasteiger partial charge in [-0.05, 0) is 29.8 Å². The van der Waals surface area contributed by atoms with Crippen molar-refractivity contribution in [2.24, 2.45) is 0 Å². The molecule has 1 N–H and O–H groups in total. The van der Waals surface area contributed by atoms with E-state index in [-0.39, 0.29) is 18.2 Å². The summed E-state index contributed by atoms with van der Waals surface area (Å²) < 4.78 is 13.1. The molecule has 0 aliphatic rings. The Hall–Kier alpha value is -3.65. The van der Waals surface area contributed by atoms with Crippen molar-refractivity contribution in [2.75, 3.05) is 11.9 Å². The standard InChI is InChI=1S/C21H16FN7.ClH/c1-29(11-13-2-5-16(22)6-3-13)21-23-9-15-8-14(4-7-18(15)27-21)19-17-10-26-28-20(17)25-12-24-19;/h2-10,12H,11H2,1H3,(H,24,25,26,28);1H. The van der Waals surface area contributed by atoms with Crippen LogP contribution in [0.5, 0.6) is 0 Å². The van der Waals surface area contributed by atoms with Gasteiger partial charge in [-0.3, -0.25) is 5.10 Å². The molecule has 0 saturated carbocycles. The maximum absolute atomic E-state index is 13.1. The van der Waals surface area contributed by atoms with Crippen LogP contribution in [-0.4, -0.2) is 37.2 Å². The van der Waals surface area contributed by atoms with Crippen LogP contribution in [0.15, 0.2) is 61.2 Å². The first-order valence-electron chi connectivity index (χ1n) is 9.04. The van der Waals surface area contributed by atoms with Gasteiger partial charge in [-0.2, -0.15) is 5.10 Å². The Morgan fingerprint density at radius 2 is 1.83 bits per heavy atom. The fraction of sp³-hybridized carbons (Fsp3) is 0.0952. The molecule has 30 heavy (non-hydrogen) atoms. The minimum absolute atomic E-state index is 0. The van der Waals surface area contributed by atoms with E-state index >= 15 is 0 Å². The summed E-state index contributed by atoms with van der Waals surface area (Å²) in [5, 5.41) is 8.68. The average Bonchev–Trinajstić information content (AvgIpc) is 3.23. The zero-order valence-corrected chi connectivity index (χ0v) is 16.8. The molecule has 0 aliphatic heterocycles. The van der Waals surface area contributed by atoms with Crippen LogP contribution < -0.4 is 4.90 Å². The third-order valence-corrected chi connectivity index (χ3v) is 4.76. The van der Waals surface area contributed by atoms with Gasteiger partial charge in [0.1, 0.15) is 12.1 Å². The maximum Gasteiger partial charge on any atom is 0.225 e. The smallest absolute Gasteiger partial charge is 0.225 e. The van der Waals surface area contributed by atoms with Gasteiger partial charge in [0.05, 0.1) is 22.8 Å². The second-order valence-corrected chi connectivity index (χ2v) is 6.78. The lowest BCUT2D eigenvalue weighted by atomic mass is 10.1. The maximum atomic E-state index is 13.1. The first-order chi connectivity index (χ1) is 14.2. The number of nitrogens with one attached hydrogen (secondary N) is 1. The third kappa shape index (κ3) is 3.65. The summed E-state index contributed by atoms with van der Waals surface area (Å²) in [6.45, 7) is 0.587. The highest BCUT2D eigenvalue weighted by Gasteiger charge is 2.11. The molecule has 150 valence electrons. The number of hydrogen-bond donors (Lipinski definition) is 1. The summed E-state index contributed by atoms with van der Waals surface area (Å²) in [7, 11) is 1.91. The topological polar surface area (TPSA) is 83.5 Å². The lowest BCUT2D eigenvalue weighted by Gasteiger charge is -2.17. The van der Waals surface area contributed by atoms with Gasteiger partial charge in [0, 0.05) is 30.7 Å². The van der Waals surface area contributed by atoms with E-state index in [1.165, 1.54) is 18.5 Å². The van der Waals surface area contributed by atoms with Crippen LogP contribution in [0.2, 0.25) is 0 Å². The van der Waals surface area contributed by atoms with Crippen LogP contribution in [0.4, 0.5) is 10.3 Å². The minimum atomic E-state index is -0.245. The van der Waals surface area contributed by atoms with Gasteiger partial charge in [-0.25, -0.2) is 24.3 Å². The monoisotopic (exact) mass is 421 g/mol. The molecule has 7 nitrogen and oxygen atoms in total. The molecule has 9 heteroatoms. The SMILES string of the molecule is CN(Cc1ccc(F)cc1)c1ncc2cc(-c3ncnc4[nH]ncc34)ccc2n1.Cl. The fourth-order valence-corrected chi connectivity index (χ4v) is 3.28. The molecule has 0 saturated heterocycles. The molecule has 2 aromatic carbocycles. The van der Waals surface area contributed by atoms with Crippen molar-refractivity contribution < 1.29 is 4.39 Å². The van der Waals surface area contributed by atoms with Crippen molar-refractivity contribution in [2.45, 2.75) is 6.54 Å². The van der Waals surface area contributed by atoms with Crippen molar-refractivity contribution in [1.82, 2.24) is 30.1 Å². The number of aromatic amines is 1. The Kier molecular flexibility index (Phi) is 5.24. The molecular formula is C21H17ClFN7. The van der Waals surface area contributed by atoms with Crippen molar-refractivity contribution in [3.8, 4) is 11.3 Å². The van der Waals surface area contributed by atoms with E-state index < -0.39 is 0 Å². The summed E-state index contributed by atoms with van der Waals surface area (Å²) in [5.74, 6) is 0.361. The van der Waals surface area contributed by atoms with Crippen LogP contribution in [0.3, 0.4) is 0 Å². The van der Waals surface area contributed by atoms with E-state index in [1.54, 1.807) is 24.5 Å². The number of fused-ring (bicyclic) bond motifs is 2. The average molecular weight is 422 g/mol. The van der Waals surface area contributed by atoms with Crippen LogP contribution in [0, 0.1) is 5.82 Å². The molecule has 0 aliphatic carbocycles. The Bertz CT molecular complexity index is 1320. The molecule has 0 amide bonds. The zero-order chi connectivity index (χ0) is 19.8. The summed E-state index contributed by atoms with van der Waals surface area (Å²) >= 11 is 0. The van der Waals surface area contributed by atoms with E-state index in [4.69, 9.17) is 0 Å². The Labute approximate surface area is 177 Å². The van der Waals surface area contributed by atoms with Gasteiger partial charge in [0.15, 0.2) is 5.65 Å². The van der Waals surface area contributed by atoms with E-state index in [1.807, 2.05) is 30.1 Å². The Morgan fingerprint density at radius 1 is 1.00 bits per heavy atom. The summed E-state index contributed by atoms with van der Waals surface area (Å²) in [6.07, 6.45) is 5.04. The lowest BCUT2D eigenvalue weighted by molar-refractivity contribution is 0.627. The van der Waals surface area contributed by atoms with E-state index in [0.717, 1.165) is 33.1 Å². The number of aromatic nitrogens is 6. The minimum Gasteiger partial charge on any atom is -0.340 e. The van der Waals surface area contributed by atoms with Crippen LogP contribution in [0.1, 0.15) is 5.56 Å². The highest BCUT2D eigenvalue weighted by atomic mass is 35.5. The second-order valence-electron chi connectivity index (χ2n) is 6.78. The Morgan fingerprint density at radius 3 is 2.67 bits per heavy atom.